The number of hydrogen-bond acceptors (Lipinski definition) is 3. The van der Waals surface area contributed by atoms with Crippen molar-refractivity contribution < 1.29 is 9.53 Å². The van der Waals surface area contributed by atoms with E-state index < -0.39 is 0 Å². The van der Waals surface area contributed by atoms with Gasteiger partial charge in [0.1, 0.15) is 6.61 Å². The normalized spacial score (nSPS) is 16.3. The van der Waals surface area contributed by atoms with Crippen LogP contribution in [0.1, 0.15) is 29.6 Å². The van der Waals surface area contributed by atoms with Crippen molar-refractivity contribution in [1.82, 2.24) is 4.90 Å². The molecule has 0 bridgehead atoms. The summed E-state index contributed by atoms with van der Waals surface area (Å²) < 4.78 is 5.24. The molecule has 1 aromatic rings. The van der Waals surface area contributed by atoms with Crippen molar-refractivity contribution in [1.29, 1.82) is 0 Å². The van der Waals surface area contributed by atoms with Gasteiger partial charge in [-0.3, -0.25) is 4.90 Å². The molecule has 0 N–H and O–H groups in total. The number of carbonyl (C=O) groups excluding carboxylic acids is 1. The highest BCUT2D eigenvalue weighted by Crippen LogP contribution is 2.19. The van der Waals surface area contributed by atoms with Crippen molar-refractivity contribution in [3.05, 3.63) is 33.8 Å². The Morgan fingerprint density at radius 2 is 1.74 bits per heavy atom. The molecule has 0 atom stereocenters. The lowest BCUT2D eigenvalue weighted by Gasteiger charge is -2.25. The number of piperidine rings is 1. The van der Waals surface area contributed by atoms with Crippen LogP contribution in [0.3, 0.4) is 0 Å². The molecule has 104 valence electrons. The molecule has 0 amide bonds. The number of benzene rings is 1. The van der Waals surface area contributed by atoms with E-state index in [-0.39, 0.29) is 5.97 Å². The predicted molar refractivity (Wildman–Crippen MR) is 77.0 cm³/mol. The first kappa shape index (κ1) is 14.6. The van der Waals surface area contributed by atoms with Crippen LogP contribution in [0.15, 0.2) is 18.2 Å². The largest absolute Gasteiger partial charge is 0.461 e. The van der Waals surface area contributed by atoms with E-state index in [0.717, 1.165) is 19.6 Å². The van der Waals surface area contributed by atoms with Crippen LogP contribution < -0.4 is 0 Å². The quantitative estimate of drug-likeness (QED) is 0.795. The lowest BCUT2D eigenvalue weighted by molar-refractivity contribution is 0.0452. The van der Waals surface area contributed by atoms with Gasteiger partial charge in [-0.1, -0.05) is 29.6 Å². The maximum Gasteiger partial charge on any atom is 0.338 e. The van der Waals surface area contributed by atoms with E-state index in [1.54, 1.807) is 18.2 Å². The van der Waals surface area contributed by atoms with E-state index in [0.29, 0.717) is 22.2 Å². The highest BCUT2D eigenvalue weighted by Gasteiger charge is 2.12. The molecule has 0 aliphatic carbocycles. The number of esters is 1. The van der Waals surface area contributed by atoms with Crippen molar-refractivity contribution in [2.24, 2.45) is 0 Å². The van der Waals surface area contributed by atoms with Crippen LogP contribution in [0.5, 0.6) is 0 Å². The van der Waals surface area contributed by atoms with Crippen LogP contribution in [-0.2, 0) is 4.74 Å². The Bertz CT molecular complexity index is 425. The monoisotopic (exact) mass is 301 g/mol. The molecule has 3 nitrogen and oxygen atoms in total. The molecule has 0 saturated carbocycles. The van der Waals surface area contributed by atoms with Crippen LogP contribution in [0.25, 0.3) is 0 Å². The number of nitrogens with zero attached hydrogens (tertiary/aromatic N) is 1. The van der Waals surface area contributed by atoms with Gasteiger partial charge in [0.25, 0.3) is 0 Å². The Labute approximate surface area is 123 Å². The third-order valence-corrected chi connectivity index (χ3v) is 3.62. The van der Waals surface area contributed by atoms with Crippen molar-refractivity contribution in [3.63, 3.8) is 0 Å². The Morgan fingerprint density at radius 1 is 1.11 bits per heavy atom. The van der Waals surface area contributed by atoms with Gasteiger partial charge in [0.15, 0.2) is 0 Å². The SMILES string of the molecule is O=C(OCCN1CCCCC1)c1cc(Cl)cc(Cl)c1. The third-order valence-electron chi connectivity index (χ3n) is 3.19. The first-order valence-electron chi connectivity index (χ1n) is 6.51. The zero-order valence-corrected chi connectivity index (χ0v) is 12.2. The van der Waals surface area contributed by atoms with Gasteiger partial charge in [0, 0.05) is 16.6 Å². The molecule has 2 rings (SSSR count). The molecule has 0 aromatic heterocycles. The predicted octanol–water partition coefficient (Wildman–Crippen LogP) is 3.64. The molecular weight excluding hydrogens is 285 g/mol. The second-order valence-electron chi connectivity index (χ2n) is 4.70. The molecule has 0 spiro atoms. The van der Waals surface area contributed by atoms with E-state index in [1.165, 1.54) is 19.3 Å². The van der Waals surface area contributed by atoms with Gasteiger partial charge < -0.3 is 4.74 Å². The Hall–Kier alpha value is -0.770. The standard InChI is InChI=1S/C14H17Cl2NO2/c15-12-8-11(9-13(16)10-12)14(18)19-7-6-17-4-2-1-3-5-17/h8-10H,1-7H2. The highest BCUT2D eigenvalue weighted by atomic mass is 35.5. The fourth-order valence-corrected chi connectivity index (χ4v) is 2.73. The summed E-state index contributed by atoms with van der Waals surface area (Å²) in [7, 11) is 0. The van der Waals surface area contributed by atoms with Crippen LogP contribution in [0, 0.1) is 0 Å². The first-order chi connectivity index (χ1) is 9.15. The smallest absolute Gasteiger partial charge is 0.338 e. The van der Waals surface area contributed by atoms with E-state index in [4.69, 9.17) is 27.9 Å². The molecule has 1 aliphatic rings. The number of carbonyl (C=O) groups is 1. The summed E-state index contributed by atoms with van der Waals surface area (Å²) in [5, 5.41) is 0.881. The Kier molecular flexibility index (Phi) is 5.49. The Balaban J connectivity index is 1.80. The highest BCUT2D eigenvalue weighted by molar-refractivity contribution is 6.35. The lowest BCUT2D eigenvalue weighted by Crippen LogP contribution is -2.33. The fraction of sp³-hybridized carbons (Fsp3) is 0.500. The molecule has 1 fully saturated rings. The maximum atomic E-state index is 11.8. The molecule has 1 aromatic carbocycles. The second-order valence-corrected chi connectivity index (χ2v) is 5.57. The van der Waals surface area contributed by atoms with E-state index in [2.05, 4.69) is 4.90 Å². The minimum atomic E-state index is -0.374. The first-order valence-corrected chi connectivity index (χ1v) is 7.26. The van der Waals surface area contributed by atoms with Gasteiger partial charge in [-0.2, -0.15) is 0 Å². The molecule has 1 saturated heterocycles. The topological polar surface area (TPSA) is 29.5 Å². The van der Waals surface area contributed by atoms with Crippen molar-refractivity contribution in [2.45, 2.75) is 19.3 Å². The maximum absolute atomic E-state index is 11.8. The van der Waals surface area contributed by atoms with Gasteiger partial charge in [0.05, 0.1) is 5.56 Å². The van der Waals surface area contributed by atoms with Crippen molar-refractivity contribution in [3.8, 4) is 0 Å². The molecule has 0 radical (unpaired) electrons. The average Bonchev–Trinajstić information content (AvgIpc) is 2.38. The summed E-state index contributed by atoms with van der Waals surface area (Å²) in [6, 6.07) is 4.72. The van der Waals surface area contributed by atoms with E-state index in [1.807, 2.05) is 0 Å². The van der Waals surface area contributed by atoms with Gasteiger partial charge in [-0.25, -0.2) is 4.79 Å². The van der Waals surface area contributed by atoms with Crippen molar-refractivity contribution >= 4 is 29.2 Å². The van der Waals surface area contributed by atoms with Crippen molar-refractivity contribution in [2.75, 3.05) is 26.2 Å². The fourth-order valence-electron chi connectivity index (χ4n) is 2.21. The molecule has 19 heavy (non-hydrogen) atoms. The van der Waals surface area contributed by atoms with Gasteiger partial charge in [-0.15, -0.1) is 0 Å². The number of halogens is 2. The number of rotatable bonds is 4. The average molecular weight is 302 g/mol. The van der Waals surface area contributed by atoms with Gasteiger partial charge in [0.2, 0.25) is 0 Å². The van der Waals surface area contributed by atoms with Crippen LogP contribution >= 0.6 is 23.2 Å². The van der Waals surface area contributed by atoms with E-state index in [9.17, 15) is 4.79 Å². The minimum absolute atomic E-state index is 0.374. The van der Waals surface area contributed by atoms with Crippen LogP contribution in [0.2, 0.25) is 10.0 Å². The summed E-state index contributed by atoms with van der Waals surface area (Å²) in [5.41, 5.74) is 0.399. The third kappa shape index (κ3) is 4.68. The summed E-state index contributed by atoms with van der Waals surface area (Å²) in [6.45, 7) is 3.39. The number of ether oxygens (including phenoxy) is 1. The molecule has 5 heteroatoms. The summed E-state index contributed by atoms with van der Waals surface area (Å²) in [5.74, 6) is -0.374. The molecule has 1 heterocycles. The van der Waals surface area contributed by atoms with Gasteiger partial charge in [-0.05, 0) is 44.1 Å². The molecule has 1 aliphatic heterocycles. The Morgan fingerprint density at radius 3 is 2.37 bits per heavy atom. The zero-order valence-electron chi connectivity index (χ0n) is 10.7. The second kappa shape index (κ2) is 7.13. The summed E-state index contributed by atoms with van der Waals surface area (Å²) in [4.78, 5) is 14.2. The summed E-state index contributed by atoms with van der Waals surface area (Å²) in [6.07, 6.45) is 3.77. The lowest BCUT2D eigenvalue weighted by atomic mass is 10.1. The van der Waals surface area contributed by atoms with Crippen LogP contribution in [-0.4, -0.2) is 37.1 Å². The summed E-state index contributed by atoms with van der Waals surface area (Å²) >= 11 is 11.7. The molecular formula is C14H17Cl2NO2. The number of likely N-dealkylation sites (tertiary alicyclic amines) is 1. The van der Waals surface area contributed by atoms with E-state index >= 15 is 0 Å². The van der Waals surface area contributed by atoms with Gasteiger partial charge >= 0.3 is 5.97 Å². The number of hydrogen-bond donors (Lipinski definition) is 0. The van der Waals surface area contributed by atoms with Crippen LogP contribution in [0.4, 0.5) is 0 Å². The molecule has 0 unspecified atom stereocenters. The minimum Gasteiger partial charge on any atom is -0.461 e. The zero-order chi connectivity index (χ0) is 13.7.